The lowest BCUT2D eigenvalue weighted by Crippen LogP contribution is -2.56. The molecule has 2 aromatic carbocycles. The van der Waals surface area contributed by atoms with Crippen molar-refractivity contribution >= 4 is 34.7 Å². The largest absolute Gasteiger partial charge is 0.480 e. The standard InChI is InChI=1S/C26H30N2O5S.CH4/c1-17(27-24(30)23(34-18(2)29)16-19-10-5-3-6-11-19)25(31)28-21(20-12-7-4-8-13-20)14-9-15-22(28)26(32)33;/h3-8,10-13,17,21-23H,9,14-16H2,1-2H3,(H,27,30)(H,32,33);1H4. The minimum atomic E-state index is -1.05. The van der Waals surface area contributed by atoms with Gasteiger partial charge in [0, 0.05) is 6.92 Å². The molecular formula is C27H34N2O5S. The first-order valence-corrected chi connectivity index (χ1v) is 12.3. The molecule has 2 N–H and O–H groups in total. The van der Waals surface area contributed by atoms with E-state index in [2.05, 4.69) is 5.32 Å². The van der Waals surface area contributed by atoms with Crippen molar-refractivity contribution < 1.29 is 24.3 Å². The van der Waals surface area contributed by atoms with E-state index in [1.54, 1.807) is 6.92 Å². The molecule has 1 saturated heterocycles. The van der Waals surface area contributed by atoms with Crippen molar-refractivity contribution in [2.24, 2.45) is 0 Å². The van der Waals surface area contributed by atoms with Crippen LogP contribution in [0.25, 0.3) is 0 Å². The highest BCUT2D eigenvalue weighted by molar-refractivity contribution is 8.14. The van der Waals surface area contributed by atoms with Crippen molar-refractivity contribution in [3.8, 4) is 0 Å². The Bertz CT molecular complexity index is 1010. The van der Waals surface area contributed by atoms with Gasteiger partial charge in [-0.1, -0.05) is 79.9 Å². The van der Waals surface area contributed by atoms with Crippen LogP contribution in [0.4, 0.5) is 0 Å². The zero-order chi connectivity index (χ0) is 24.7. The van der Waals surface area contributed by atoms with Gasteiger partial charge in [0.15, 0.2) is 5.12 Å². The van der Waals surface area contributed by atoms with E-state index in [0.717, 1.165) is 22.9 Å². The van der Waals surface area contributed by atoms with Gasteiger partial charge in [-0.3, -0.25) is 14.4 Å². The molecule has 3 rings (SSSR count). The molecule has 0 aliphatic carbocycles. The zero-order valence-electron chi connectivity index (χ0n) is 19.3. The van der Waals surface area contributed by atoms with Crippen LogP contribution in [0, 0.1) is 0 Å². The highest BCUT2D eigenvalue weighted by Gasteiger charge is 2.41. The van der Waals surface area contributed by atoms with E-state index in [1.807, 2.05) is 60.7 Å². The second-order valence-corrected chi connectivity index (χ2v) is 9.85. The van der Waals surface area contributed by atoms with Crippen molar-refractivity contribution in [2.45, 2.75) is 70.3 Å². The van der Waals surface area contributed by atoms with Crippen molar-refractivity contribution in [1.29, 1.82) is 0 Å². The number of likely N-dealkylation sites (tertiary alicyclic amines) is 1. The van der Waals surface area contributed by atoms with E-state index in [1.165, 1.54) is 11.8 Å². The Morgan fingerprint density at radius 3 is 2.20 bits per heavy atom. The Kier molecular flexibility index (Phi) is 10.5. The van der Waals surface area contributed by atoms with E-state index in [4.69, 9.17) is 0 Å². The number of carboxylic acid groups (broad SMARTS) is 1. The third kappa shape index (κ3) is 7.42. The molecule has 0 bridgehead atoms. The van der Waals surface area contributed by atoms with Crippen LogP contribution in [-0.2, 0) is 25.6 Å². The molecule has 0 radical (unpaired) electrons. The van der Waals surface area contributed by atoms with Gasteiger partial charge < -0.3 is 15.3 Å². The second-order valence-electron chi connectivity index (χ2n) is 8.48. The number of thioether (sulfide) groups is 1. The molecular weight excluding hydrogens is 464 g/mol. The first kappa shape index (κ1) is 28.1. The average molecular weight is 499 g/mol. The number of amides is 2. The third-order valence-corrected chi connectivity index (χ3v) is 6.94. The zero-order valence-corrected chi connectivity index (χ0v) is 20.2. The van der Waals surface area contributed by atoms with Gasteiger partial charge in [0.05, 0.1) is 11.3 Å². The Morgan fingerprint density at radius 1 is 1.03 bits per heavy atom. The number of piperidine rings is 1. The molecule has 4 atom stereocenters. The molecule has 0 spiro atoms. The first-order valence-electron chi connectivity index (χ1n) is 11.4. The normalized spacial score (nSPS) is 19.1. The van der Waals surface area contributed by atoms with Crippen LogP contribution in [0.15, 0.2) is 60.7 Å². The molecule has 4 unspecified atom stereocenters. The van der Waals surface area contributed by atoms with Gasteiger partial charge >= 0.3 is 5.97 Å². The summed E-state index contributed by atoms with van der Waals surface area (Å²) in [6, 6.07) is 16.4. The lowest BCUT2D eigenvalue weighted by Gasteiger charge is -2.41. The number of benzene rings is 2. The topological polar surface area (TPSA) is 104 Å². The first-order chi connectivity index (χ1) is 16.3. The maximum absolute atomic E-state index is 13.5. The van der Waals surface area contributed by atoms with E-state index < -0.39 is 35.1 Å². The summed E-state index contributed by atoms with van der Waals surface area (Å²) in [5.74, 6) is -1.92. The molecule has 2 amide bonds. The van der Waals surface area contributed by atoms with E-state index in [0.29, 0.717) is 25.7 Å². The number of carboxylic acids is 1. The van der Waals surface area contributed by atoms with Crippen LogP contribution in [0.2, 0.25) is 0 Å². The quantitative estimate of drug-likeness (QED) is 0.565. The fraction of sp³-hybridized carbons (Fsp3) is 0.407. The molecule has 7 nitrogen and oxygen atoms in total. The molecule has 35 heavy (non-hydrogen) atoms. The monoisotopic (exact) mass is 498 g/mol. The van der Waals surface area contributed by atoms with Crippen molar-refractivity contribution in [3.05, 3.63) is 71.8 Å². The predicted molar refractivity (Wildman–Crippen MR) is 138 cm³/mol. The molecule has 1 fully saturated rings. The SMILES string of the molecule is C.CC(=O)SC(Cc1ccccc1)C(=O)NC(C)C(=O)N1C(C(=O)O)CCCC1c1ccccc1. The fourth-order valence-corrected chi connectivity index (χ4v) is 5.21. The Morgan fingerprint density at radius 2 is 1.63 bits per heavy atom. The maximum Gasteiger partial charge on any atom is 0.326 e. The summed E-state index contributed by atoms with van der Waals surface area (Å²) >= 11 is 0.925. The van der Waals surface area contributed by atoms with Crippen LogP contribution < -0.4 is 5.32 Å². The van der Waals surface area contributed by atoms with Crippen LogP contribution in [0.1, 0.15) is 57.7 Å². The van der Waals surface area contributed by atoms with E-state index in [9.17, 15) is 24.3 Å². The molecule has 2 aromatic rings. The lowest BCUT2D eigenvalue weighted by molar-refractivity contribution is -0.156. The molecule has 1 heterocycles. The second kappa shape index (κ2) is 13.1. The number of hydrogen-bond acceptors (Lipinski definition) is 5. The third-order valence-electron chi connectivity index (χ3n) is 5.94. The lowest BCUT2D eigenvalue weighted by atomic mass is 9.90. The Labute approximate surface area is 211 Å². The van der Waals surface area contributed by atoms with E-state index in [-0.39, 0.29) is 18.6 Å². The number of nitrogens with zero attached hydrogens (tertiary/aromatic N) is 1. The van der Waals surface area contributed by atoms with Crippen LogP contribution in [0.5, 0.6) is 0 Å². The molecule has 0 aromatic heterocycles. The minimum absolute atomic E-state index is 0. The number of carbonyl (C=O) groups is 4. The molecule has 0 saturated carbocycles. The summed E-state index contributed by atoms with van der Waals surface area (Å²) in [5.41, 5.74) is 1.77. The van der Waals surface area contributed by atoms with Gasteiger partial charge in [0.25, 0.3) is 0 Å². The Balaban J connectivity index is 0.00000432. The number of aliphatic carboxylic acids is 1. The Hall–Kier alpha value is -3.13. The minimum Gasteiger partial charge on any atom is -0.480 e. The van der Waals surface area contributed by atoms with Gasteiger partial charge in [0.2, 0.25) is 11.8 Å². The van der Waals surface area contributed by atoms with Crippen LogP contribution >= 0.6 is 11.8 Å². The molecule has 8 heteroatoms. The van der Waals surface area contributed by atoms with E-state index >= 15 is 0 Å². The average Bonchev–Trinajstić information content (AvgIpc) is 2.83. The smallest absolute Gasteiger partial charge is 0.326 e. The summed E-state index contributed by atoms with van der Waals surface area (Å²) in [6.45, 7) is 2.97. The van der Waals surface area contributed by atoms with Crippen LogP contribution in [0.3, 0.4) is 0 Å². The fourth-order valence-electron chi connectivity index (χ4n) is 4.36. The van der Waals surface area contributed by atoms with Crippen molar-refractivity contribution in [3.63, 3.8) is 0 Å². The number of carbonyl (C=O) groups excluding carboxylic acids is 3. The van der Waals surface area contributed by atoms with Gasteiger partial charge in [0.1, 0.15) is 12.1 Å². The number of rotatable bonds is 8. The number of nitrogens with one attached hydrogen (secondary N) is 1. The highest BCUT2D eigenvalue weighted by Crippen LogP contribution is 2.35. The predicted octanol–water partition coefficient (Wildman–Crippen LogP) is 4.23. The van der Waals surface area contributed by atoms with Gasteiger partial charge in [-0.2, -0.15) is 0 Å². The van der Waals surface area contributed by atoms with Gasteiger partial charge in [-0.25, -0.2) is 4.79 Å². The summed E-state index contributed by atoms with van der Waals surface area (Å²) in [5, 5.41) is 11.7. The maximum atomic E-state index is 13.5. The summed E-state index contributed by atoms with van der Waals surface area (Å²) in [6.07, 6.45) is 2.04. The number of hydrogen-bond donors (Lipinski definition) is 2. The van der Waals surface area contributed by atoms with Gasteiger partial charge in [-0.15, -0.1) is 0 Å². The summed E-state index contributed by atoms with van der Waals surface area (Å²) in [4.78, 5) is 51.8. The molecule has 1 aliphatic heterocycles. The van der Waals surface area contributed by atoms with Gasteiger partial charge in [-0.05, 0) is 43.7 Å². The highest BCUT2D eigenvalue weighted by atomic mass is 32.2. The van der Waals surface area contributed by atoms with Crippen LogP contribution in [-0.4, -0.2) is 50.2 Å². The molecule has 1 aliphatic rings. The summed E-state index contributed by atoms with van der Waals surface area (Å²) in [7, 11) is 0. The van der Waals surface area contributed by atoms with Crippen molar-refractivity contribution in [1.82, 2.24) is 10.2 Å². The summed E-state index contributed by atoms with van der Waals surface area (Å²) < 4.78 is 0. The van der Waals surface area contributed by atoms with Crippen molar-refractivity contribution in [2.75, 3.05) is 0 Å². The molecule has 188 valence electrons.